The van der Waals surface area contributed by atoms with Crippen molar-refractivity contribution in [3.63, 3.8) is 0 Å². The van der Waals surface area contributed by atoms with E-state index in [-0.39, 0.29) is 17.5 Å². The third-order valence-electron chi connectivity index (χ3n) is 4.92. The normalized spacial score (nSPS) is 11.4. The molecule has 0 aliphatic carbocycles. The van der Waals surface area contributed by atoms with Crippen LogP contribution in [0.3, 0.4) is 0 Å². The number of benzene rings is 2. The molecule has 0 aliphatic rings. The first-order valence-electron chi connectivity index (χ1n) is 10.1. The van der Waals surface area contributed by atoms with Crippen molar-refractivity contribution in [2.75, 3.05) is 6.54 Å². The van der Waals surface area contributed by atoms with Crippen LogP contribution in [-0.4, -0.2) is 26.9 Å². The van der Waals surface area contributed by atoms with Crippen molar-refractivity contribution in [2.45, 2.75) is 46.7 Å². The Morgan fingerprint density at radius 1 is 1.10 bits per heavy atom. The summed E-state index contributed by atoms with van der Waals surface area (Å²) >= 11 is 0. The summed E-state index contributed by atoms with van der Waals surface area (Å²) in [5, 5.41) is 0. The molecule has 3 rings (SSSR count). The topological polar surface area (TPSA) is 38.1 Å². The Labute approximate surface area is 170 Å². The summed E-state index contributed by atoms with van der Waals surface area (Å²) in [6.07, 6.45) is 1.71. The SMILES string of the molecule is CCCn1c(CN(CCC(C)C)C(=O)c2ccc(F)cc2)nc2ccc(F)cc21. The predicted molar refractivity (Wildman–Crippen MR) is 111 cm³/mol. The highest BCUT2D eigenvalue weighted by atomic mass is 19.1. The molecule has 6 heteroatoms. The molecular weight excluding hydrogens is 372 g/mol. The van der Waals surface area contributed by atoms with Gasteiger partial charge < -0.3 is 9.47 Å². The van der Waals surface area contributed by atoms with E-state index in [1.807, 2.05) is 4.57 Å². The summed E-state index contributed by atoms with van der Waals surface area (Å²) < 4.78 is 29.0. The smallest absolute Gasteiger partial charge is 0.254 e. The van der Waals surface area contributed by atoms with Gasteiger partial charge in [0.25, 0.3) is 5.91 Å². The lowest BCUT2D eigenvalue weighted by Gasteiger charge is -2.24. The quantitative estimate of drug-likeness (QED) is 0.508. The number of halogens is 2. The third kappa shape index (κ3) is 5.00. The van der Waals surface area contributed by atoms with Gasteiger partial charge in [-0.15, -0.1) is 0 Å². The molecule has 0 N–H and O–H groups in total. The molecule has 0 aliphatic heterocycles. The maximum Gasteiger partial charge on any atom is 0.254 e. The summed E-state index contributed by atoms with van der Waals surface area (Å²) in [5.41, 5.74) is 1.90. The molecule has 2 aromatic carbocycles. The zero-order chi connectivity index (χ0) is 21.0. The molecular formula is C23H27F2N3O. The standard InChI is InChI=1S/C23H27F2N3O/c1-4-12-28-21-14-19(25)9-10-20(21)26-22(28)15-27(13-11-16(2)3)23(29)17-5-7-18(24)8-6-17/h5-10,14,16H,4,11-13,15H2,1-3H3. The lowest BCUT2D eigenvalue weighted by atomic mass is 10.1. The minimum absolute atomic E-state index is 0.160. The largest absolute Gasteiger partial charge is 0.331 e. The Kier molecular flexibility index (Phi) is 6.62. The zero-order valence-corrected chi connectivity index (χ0v) is 17.2. The predicted octanol–water partition coefficient (Wildman–Crippen LogP) is 5.41. The van der Waals surface area contributed by atoms with Gasteiger partial charge in [-0.2, -0.15) is 0 Å². The maximum atomic E-state index is 13.8. The number of amides is 1. The van der Waals surface area contributed by atoms with E-state index in [0.29, 0.717) is 36.6 Å². The van der Waals surface area contributed by atoms with Crippen molar-refractivity contribution in [3.05, 3.63) is 65.5 Å². The second-order valence-corrected chi connectivity index (χ2v) is 7.73. The van der Waals surface area contributed by atoms with Gasteiger partial charge in [-0.25, -0.2) is 13.8 Å². The Morgan fingerprint density at radius 3 is 2.45 bits per heavy atom. The average molecular weight is 399 g/mol. The highest BCUT2D eigenvalue weighted by Gasteiger charge is 2.20. The van der Waals surface area contributed by atoms with Gasteiger partial charge in [0.05, 0.1) is 17.6 Å². The monoisotopic (exact) mass is 399 g/mol. The molecule has 0 fully saturated rings. The molecule has 4 nitrogen and oxygen atoms in total. The van der Waals surface area contributed by atoms with Gasteiger partial charge in [0.1, 0.15) is 17.5 Å². The van der Waals surface area contributed by atoms with Gasteiger partial charge in [-0.1, -0.05) is 20.8 Å². The molecule has 0 saturated carbocycles. The van der Waals surface area contributed by atoms with Crippen molar-refractivity contribution < 1.29 is 13.6 Å². The molecule has 154 valence electrons. The van der Waals surface area contributed by atoms with Crippen LogP contribution in [0.1, 0.15) is 49.8 Å². The zero-order valence-electron chi connectivity index (χ0n) is 17.2. The van der Waals surface area contributed by atoms with Gasteiger partial charge in [0, 0.05) is 18.7 Å². The third-order valence-corrected chi connectivity index (χ3v) is 4.92. The highest BCUT2D eigenvalue weighted by Crippen LogP contribution is 2.21. The van der Waals surface area contributed by atoms with Crippen molar-refractivity contribution in [1.29, 1.82) is 0 Å². The lowest BCUT2D eigenvalue weighted by molar-refractivity contribution is 0.0729. The van der Waals surface area contributed by atoms with Gasteiger partial charge in [-0.3, -0.25) is 4.79 Å². The Balaban J connectivity index is 1.95. The van der Waals surface area contributed by atoms with E-state index < -0.39 is 0 Å². The van der Waals surface area contributed by atoms with E-state index in [1.165, 1.54) is 36.4 Å². The fraction of sp³-hybridized carbons (Fsp3) is 0.391. The maximum absolute atomic E-state index is 13.8. The first kappa shape index (κ1) is 21.0. The molecule has 0 atom stereocenters. The molecule has 0 radical (unpaired) electrons. The number of hydrogen-bond donors (Lipinski definition) is 0. The van der Waals surface area contributed by atoms with E-state index in [2.05, 4.69) is 25.8 Å². The fourth-order valence-corrected chi connectivity index (χ4v) is 3.35. The summed E-state index contributed by atoms with van der Waals surface area (Å²) in [6, 6.07) is 10.2. The van der Waals surface area contributed by atoms with E-state index in [1.54, 1.807) is 11.0 Å². The van der Waals surface area contributed by atoms with Crippen LogP contribution in [0, 0.1) is 17.6 Å². The van der Waals surface area contributed by atoms with Crippen LogP contribution in [0.4, 0.5) is 8.78 Å². The number of carbonyl (C=O) groups excluding carboxylic acids is 1. The van der Waals surface area contributed by atoms with Gasteiger partial charge in [-0.05, 0) is 61.2 Å². The number of aromatic nitrogens is 2. The van der Waals surface area contributed by atoms with Crippen LogP contribution < -0.4 is 0 Å². The molecule has 3 aromatic rings. The van der Waals surface area contributed by atoms with Gasteiger partial charge >= 0.3 is 0 Å². The Hall–Kier alpha value is -2.76. The average Bonchev–Trinajstić information content (AvgIpc) is 3.02. The molecule has 1 aromatic heterocycles. The second kappa shape index (κ2) is 9.16. The molecule has 1 heterocycles. The van der Waals surface area contributed by atoms with Crippen LogP contribution >= 0.6 is 0 Å². The summed E-state index contributed by atoms with van der Waals surface area (Å²) in [6.45, 7) is 7.84. The van der Waals surface area contributed by atoms with Crippen molar-refractivity contribution in [2.24, 2.45) is 5.92 Å². The molecule has 29 heavy (non-hydrogen) atoms. The number of hydrogen-bond acceptors (Lipinski definition) is 2. The van der Waals surface area contributed by atoms with Crippen LogP contribution in [-0.2, 0) is 13.1 Å². The van der Waals surface area contributed by atoms with Crippen LogP contribution in [0.5, 0.6) is 0 Å². The van der Waals surface area contributed by atoms with Crippen molar-refractivity contribution in [1.82, 2.24) is 14.5 Å². The summed E-state index contributed by atoms with van der Waals surface area (Å²) in [4.78, 5) is 19.5. The highest BCUT2D eigenvalue weighted by molar-refractivity contribution is 5.94. The Bertz CT molecular complexity index is 980. The van der Waals surface area contributed by atoms with Gasteiger partial charge in [0.15, 0.2) is 0 Å². The van der Waals surface area contributed by atoms with Crippen molar-refractivity contribution >= 4 is 16.9 Å². The minimum atomic E-state index is -0.373. The van der Waals surface area contributed by atoms with Crippen LogP contribution in [0.15, 0.2) is 42.5 Å². The second-order valence-electron chi connectivity index (χ2n) is 7.73. The van der Waals surface area contributed by atoms with Crippen LogP contribution in [0.2, 0.25) is 0 Å². The number of imidazole rings is 1. The van der Waals surface area contributed by atoms with Crippen LogP contribution in [0.25, 0.3) is 11.0 Å². The number of fused-ring (bicyclic) bond motifs is 1. The summed E-state index contributed by atoms with van der Waals surface area (Å²) in [7, 11) is 0. The minimum Gasteiger partial charge on any atom is -0.331 e. The lowest BCUT2D eigenvalue weighted by Crippen LogP contribution is -2.33. The molecule has 0 bridgehead atoms. The van der Waals surface area contributed by atoms with E-state index >= 15 is 0 Å². The molecule has 0 spiro atoms. The molecule has 1 amide bonds. The number of carbonyl (C=O) groups is 1. The first-order chi connectivity index (χ1) is 13.9. The first-order valence-corrected chi connectivity index (χ1v) is 10.1. The van der Waals surface area contributed by atoms with E-state index in [4.69, 9.17) is 0 Å². The fourth-order valence-electron chi connectivity index (χ4n) is 3.35. The van der Waals surface area contributed by atoms with E-state index in [9.17, 15) is 13.6 Å². The van der Waals surface area contributed by atoms with Crippen molar-refractivity contribution in [3.8, 4) is 0 Å². The summed E-state index contributed by atoms with van der Waals surface area (Å²) in [5.74, 6) is 0.322. The molecule has 0 unspecified atom stereocenters. The van der Waals surface area contributed by atoms with Gasteiger partial charge in [0.2, 0.25) is 0 Å². The number of aryl methyl sites for hydroxylation is 1. The molecule has 0 saturated heterocycles. The van der Waals surface area contributed by atoms with E-state index in [0.717, 1.165) is 24.2 Å². The number of rotatable bonds is 8. The Morgan fingerprint density at radius 2 is 1.79 bits per heavy atom. The number of nitrogens with zero attached hydrogens (tertiary/aromatic N) is 3.